The zero-order chi connectivity index (χ0) is 30.5. The second-order valence-electron chi connectivity index (χ2n) is 11.5. The highest BCUT2D eigenvalue weighted by atomic mass is 35.5. The maximum absolute atomic E-state index is 13.9. The Hall–Kier alpha value is -3.72. The SMILES string of the molecule is Cc1ccccc1C(=O)Nc1ccc(C(=O)N2CCCC(OCC(=O)NC3CCN(C)CC3)c3cc(Cl)ccc32)c(C)c1. The monoisotopic (exact) mass is 602 g/mol. The molecule has 0 aromatic heterocycles. The lowest BCUT2D eigenvalue weighted by molar-refractivity contribution is -0.129. The van der Waals surface area contributed by atoms with E-state index in [4.69, 9.17) is 16.3 Å². The summed E-state index contributed by atoms with van der Waals surface area (Å²) < 4.78 is 6.16. The number of piperidine rings is 1. The van der Waals surface area contributed by atoms with E-state index in [2.05, 4.69) is 22.6 Å². The first-order valence-corrected chi connectivity index (χ1v) is 15.3. The van der Waals surface area contributed by atoms with E-state index >= 15 is 0 Å². The Balaban J connectivity index is 1.29. The lowest BCUT2D eigenvalue weighted by Gasteiger charge is -2.29. The summed E-state index contributed by atoms with van der Waals surface area (Å²) in [5, 5.41) is 6.59. The molecule has 3 aromatic carbocycles. The molecule has 2 N–H and O–H groups in total. The lowest BCUT2D eigenvalue weighted by atomic mass is 10.0. The smallest absolute Gasteiger partial charge is 0.258 e. The van der Waals surface area contributed by atoms with Gasteiger partial charge in [0.05, 0.1) is 6.10 Å². The summed E-state index contributed by atoms with van der Waals surface area (Å²) in [6.45, 7) is 6.15. The Morgan fingerprint density at radius 2 is 1.67 bits per heavy atom. The van der Waals surface area contributed by atoms with Crippen LogP contribution >= 0.6 is 11.6 Å². The maximum atomic E-state index is 13.9. The molecule has 3 aromatic rings. The van der Waals surface area contributed by atoms with Crippen molar-refractivity contribution in [2.24, 2.45) is 0 Å². The van der Waals surface area contributed by atoms with E-state index in [0.29, 0.717) is 41.2 Å². The average Bonchev–Trinajstić information content (AvgIpc) is 3.16. The van der Waals surface area contributed by atoms with E-state index in [-0.39, 0.29) is 36.5 Å². The van der Waals surface area contributed by atoms with Crippen LogP contribution in [-0.2, 0) is 9.53 Å². The summed E-state index contributed by atoms with van der Waals surface area (Å²) in [7, 11) is 2.09. The van der Waals surface area contributed by atoms with Crippen LogP contribution < -0.4 is 15.5 Å². The van der Waals surface area contributed by atoms with Crippen LogP contribution in [0.25, 0.3) is 0 Å². The standard InChI is InChI=1S/C34H39ClN4O4/c1-22-7-4-5-8-27(22)33(41)37-26-11-12-28(23(2)19-26)34(42)39-16-6-9-31(29-20-24(35)10-13-30(29)39)43-21-32(40)36-25-14-17-38(3)18-15-25/h4-5,7-8,10-13,19-20,25,31H,6,9,14-18,21H2,1-3H3,(H,36,40)(H,37,41). The molecule has 2 aliphatic heterocycles. The minimum atomic E-state index is -0.366. The predicted molar refractivity (Wildman–Crippen MR) is 170 cm³/mol. The number of fused-ring (bicyclic) bond motifs is 1. The van der Waals surface area contributed by atoms with Gasteiger partial charge in [0.15, 0.2) is 0 Å². The van der Waals surface area contributed by atoms with Crippen molar-refractivity contribution in [2.75, 3.05) is 43.5 Å². The number of benzene rings is 3. The van der Waals surface area contributed by atoms with Gasteiger partial charge in [0.2, 0.25) is 5.91 Å². The van der Waals surface area contributed by atoms with Gasteiger partial charge in [0.25, 0.3) is 11.8 Å². The summed E-state index contributed by atoms with van der Waals surface area (Å²) in [4.78, 5) is 43.5. The van der Waals surface area contributed by atoms with Crippen LogP contribution in [0.15, 0.2) is 60.7 Å². The van der Waals surface area contributed by atoms with Crippen LogP contribution in [0.2, 0.25) is 5.02 Å². The molecule has 43 heavy (non-hydrogen) atoms. The molecule has 3 amide bonds. The van der Waals surface area contributed by atoms with Crippen LogP contribution in [0.4, 0.5) is 11.4 Å². The first-order valence-electron chi connectivity index (χ1n) is 14.9. The number of amides is 3. The first kappa shape index (κ1) is 30.7. The Morgan fingerprint density at radius 3 is 2.42 bits per heavy atom. The van der Waals surface area contributed by atoms with Gasteiger partial charge in [-0.25, -0.2) is 0 Å². The summed E-state index contributed by atoms with van der Waals surface area (Å²) >= 11 is 6.40. The molecule has 9 heteroatoms. The number of nitrogens with one attached hydrogen (secondary N) is 2. The third-order valence-corrected chi connectivity index (χ3v) is 8.56. The van der Waals surface area contributed by atoms with Crippen molar-refractivity contribution in [3.8, 4) is 0 Å². The Labute approximate surface area is 258 Å². The molecule has 0 aliphatic carbocycles. The Morgan fingerprint density at radius 1 is 0.907 bits per heavy atom. The minimum absolute atomic E-state index is 0.0499. The molecule has 8 nitrogen and oxygen atoms in total. The van der Waals surface area contributed by atoms with Crippen molar-refractivity contribution in [3.63, 3.8) is 0 Å². The highest BCUT2D eigenvalue weighted by Gasteiger charge is 2.29. The van der Waals surface area contributed by atoms with E-state index in [9.17, 15) is 14.4 Å². The fraction of sp³-hybridized carbons (Fsp3) is 0.382. The van der Waals surface area contributed by atoms with Crippen LogP contribution in [-0.4, -0.2) is 62.0 Å². The maximum Gasteiger partial charge on any atom is 0.258 e. The largest absolute Gasteiger partial charge is 0.364 e. The van der Waals surface area contributed by atoms with Gasteiger partial charge in [-0.15, -0.1) is 0 Å². The fourth-order valence-corrected chi connectivity index (χ4v) is 6.06. The normalized spacial score (nSPS) is 17.6. The molecule has 1 unspecified atom stereocenters. The second kappa shape index (κ2) is 13.7. The molecule has 0 saturated carbocycles. The number of aryl methyl sites for hydroxylation is 2. The minimum Gasteiger partial charge on any atom is -0.364 e. The molecule has 2 aliphatic rings. The van der Waals surface area contributed by atoms with Crippen molar-refractivity contribution in [2.45, 2.75) is 51.7 Å². The van der Waals surface area contributed by atoms with E-state index in [0.717, 1.165) is 48.3 Å². The molecule has 0 bridgehead atoms. The van der Waals surface area contributed by atoms with E-state index < -0.39 is 0 Å². The van der Waals surface area contributed by atoms with Crippen molar-refractivity contribution in [1.29, 1.82) is 0 Å². The number of anilines is 2. The molecular formula is C34H39ClN4O4. The van der Waals surface area contributed by atoms with Crippen LogP contribution in [0.1, 0.15) is 69.2 Å². The van der Waals surface area contributed by atoms with Crippen LogP contribution in [0, 0.1) is 13.8 Å². The van der Waals surface area contributed by atoms with Gasteiger partial charge in [-0.1, -0.05) is 29.8 Å². The highest BCUT2D eigenvalue weighted by Crippen LogP contribution is 2.38. The molecular weight excluding hydrogens is 564 g/mol. The lowest BCUT2D eigenvalue weighted by Crippen LogP contribution is -2.44. The molecule has 5 rings (SSSR count). The third-order valence-electron chi connectivity index (χ3n) is 8.32. The molecule has 226 valence electrons. The predicted octanol–water partition coefficient (Wildman–Crippen LogP) is 5.92. The number of hydrogen-bond acceptors (Lipinski definition) is 5. The van der Waals surface area contributed by atoms with Crippen LogP contribution in [0.3, 0.4) is 0 Å². The van der Waals surface area contributed by atoms with Crippen LogP contribution in [0.5, 0.6) is 0 Å². The summed E-state index contributed by atoms with van der Waals surface area (Å²) in [5.41, 5.74) is 4.95. The van der Waals surface area contributed by atoms with Crippen molar-refractivity contribution in [1.82, 2.24) is 10.2 Å². The van der Waals surface area contributed by atoms with Gasteiger partial charge >= 0.3 is 0 Å². The highest BCUT2D eigenvalue weighted by molar-refractivity contribution is 6.30. The van der Waals surface area contributed by atoms with Gasteiger partial charge < -0.3 is 25.2 Å². The van der Waals surface area contributed by atoms with E-state index in [1.807, 2.05) is 50.2 Å². The zero-order valence-corrected chi connectivity index (χ0v) is 25.7. The average molecular weight is 603 g/mol. The Bertz CT molecular complexity index is 1500. The number of halogens is 1. The molecule has 1 fully saturated rings. The molecule has 0 spiro atoms. The number of ether oxygens (including phenoxy) is 1. The number of nitrogens with zero attached hydrogens (tertiary/aromatic N) is 2. The van der Waals surface area contributed by atoms with Gasteiger partial charge in [0, 0.05) is 45.7 Å². The zero-order valence-electron chi connectivity index (χ0n) is 25.0. The molecule has 1 atom stereocenters. The fourth-order valence-electron chi connectivity index (χ4n) is 5.88. The number of rotatable bonds is 7. The van der Waals surface area contributed by atoms with Gasteiger partial charge in [0.1, 0.15) is 6.61 Å². The van der Waals surface area contributed by atoms with Crippen molar-refractivity contribution < 1.29 is 19.1 Å². The first-order chi connectivity index (χ1) is 20.7. The van der Waals surface area contributed by atoms with Crippen molar-refractivity contribution >= 4 is 40.7 Å². The second-order valence-corrected chi connectivity index (χ2v) is 12.0. The third kappa shape index (κ3) is 7.44. The quantitative estimate of drug-likeness (QED) is 0.350. The Kier molecular flexibility index (Phi) is 9.80. The number of hydrogen-bond donors (Lipinski definition) is 2. The number of carbonyl (C=O) groups is 3. The van der Waals surface area contributed by atoms with E-state index in [1.165, 1.54) is 0 Å². The van der Waals surface area contributed by atoms with Gasteiger partial charge in [-0.05, 0) is 113 Å². The van der Waals surface area contributed by atoms with Gasteiger partial charge in [-0.2, -0.15) is 0 Å². The topological polar surface area (TPSA) is 91.0 Å². The molecule has 0 radical (unpaired) electrons. The van der Waals surface area contributed by atoms with Crippen molar-refractivity contribution in [3.05, 3.63) is 93.5 Å². The summed E-state index contributed by atoms with van der Waals surface area (Å²) in [5.74, 6) is -0.458. The number of likely N-dealkylation sites (tertiary alicyclic amines) is 1. The number of carbonyl (C=O) groups excluding carboxylic acids is 3. The van der Waals surface area contributed by atoms with Gasteiger partial charge in [-0.3, -0.25) is 14.4 Å². The summed E-state index contributed by atoms with van der Waals surface area (Å²) in [6, 6.07) is 18.4. The molecule has 1 saturated heterocycles. The summed E-state index contributed by atoms with van der Waals surface area (Å²) in [6.07, 6.45) is 2.85. The van der Waals surface area contributed by atoms with E-state index in [1.54, 1.807) is 29.2 Å². The molecule has 2 heterocycles.